The maximum absolute atomic E-state index is 13.0. The molecule has 0 aliphatic rings. The number of hydrogen-bond donors (Lipinski definition) is 2. The smallest absolute Gasteiger partial charge is 0.288 e. The summed E-state index contributed by atoms with van der Waals surface area (Å²) >= 11 is 1.73. The van der Waals surface area contributed by atoms with Crippen molar-refractivity contribution in [2.24, 2.45) is 5.92 Å². The highest BCUT2D eigenvalue weighted by molar-refractivity contribution is 7.99. The van der Waals surface area contributed by atoms with Crippen molar-refractivity contribution < 1.29 is 23.6 Å². The minimum atomic E-state index is -0.474. The van der Waals surface area contributed by atoms with Crippen LogP contribution in [0.5, 0.6) is 0 Å². The third-order valence-corrected chi connectivity index (χ3v) is 6.93. The molecule has 0 spiro atoms. The van der Waals surface area contributed by atoms with Gasteiger partial charge in [-0.05, 0) is 42.0 Å². The first-order valence-corrected chi connectivity index (χ1v) is 14.3. The molecule has 9 heteroatoms. The van der Waals surface area contributed by atoms with Crippen molar-refractivity contribution in [3.63, 3.8) is 0 Å². The Morgan fingerprint density at radius 2 is 1.85 bits per heavy atom. The van der Waals surface area contributed by atoms with Gasteiger partial charge in [-0.1, -0.05) is 75.6 Å². The molecule has 0 saturated carbocycles. The number of hydrogen-bond acceptors (Lipinski definition) is 6. The topological polar surface area (TPSA) is 101 Å². The van der Waals surface area contributed by atoms with Crippen molar-refractivity contribution in [1.82, 2.24) is 15.7 Å². The van der Waals surface area contributed by atoms with Gasteiger partial charge >= 0.3 is 0 Å². The van der Waals surface area contributed by atoms with Crippen LogP contribution in [0.2, 0.25) is 0 Å². The van der Waals surface area contributed by atoms with Crippen molar-refractivity contribution in [3.8, 4) is 11.3 Å². The SMILES string of the molecule is CCCCC[C@H](CN(C=O)OCc1ccccc1)C(=O)NCNC(=O)c1ccc(-c2cccc(SCC)c2)o1. The normalized spacial score (nSPS) is 11.5. The number of hydroxylamine groups is 2. The molecule has 1 atom stereocenters. The van der Waals surface area contributed by atoms with E-state index in [0.717, 1.165) is 41.0 Å². The maximum atomic E-state index is 13.0. The third kappa shape index (κ3) is 9.92. The lowest BCUT2D eigenvalue weighted by Crippen LogP contribution is -2.43. The lowest BCUT2D eigenvalue weighted by atomic mass is 10.0. The molecule has 0 fully saturated rings. The van der Waals surface area contributed by atoms with Gasteiger partial charge in [0.2, 0.25) is 12.3 Å². The van der Waals surface area contributed by atoms with Gasteiger partial charge in [-0.3, -0.25) is 19.2 Å². The first kappa shape index (κ1) is 30.0. The van der Waals surface area contributed by atoms with Gasteiger partial charge in [0.1, 0.15) is 12.4 Å². The summed E-state index contributed by atoms with van der Waals surface area (Å²) in [7, 11) is 0. The molecule has 1 aromatic heterocycles. The van der Waals surface area contributed by atoms with Crippen LogP contribution in [-0.4, -0.2) is 42.3 Å². The number of carbonyl (C=O) groups excluding carboxylic acids is 3. The Balaban J connectivity index is 1.52. The van der Waals surface area contributed by atoms with Crippen molar-refractivity contribution in [2.75, 3.05) is 19.0 Å². The summed E-state index contributed by atoms with van der Waals surface area (Å²) < 4.78 is 5.77. The van der Waals surface area contributed by atoms with E-state index in [1.165, 1.54) is 5.06 Å². The molecule has 208 valence electrons. The van der Waals surface area contributed by atoms with Crippen molar-refractivity contribution in [3.05, 3.63) is 78.1 Å². The summed E-state index contributed by atoms with van der Waals surface area (Å²) in [6.45, 7) is 4.47. The van der Waals surface area contributed by atoms with Gasteiger partial charge in [0, 0.05) is 10.5 Å². The van der Waals surface area contributed by atoms with E-state index in [0.29, 0.717) is 18.6 Å². The molecule has 2 N–H and O–H groups in total. The fourth-order valence-electron chi connectivity index (χ4n) is 3.99. The van der Waals surface area contributed by atoms with E-state index in [-0.39, 0.29) is 31.5 Å². The van der Waals surface area contributed by atoms with Crippen LogP contribution in [0, 0.1) is 5.92 Å². The largest absolute Gasteiger partial charge is 0.451 e. The predicted octanol–water partition coefficient (Wildman–Crippen LogP) is 5.65. The van der Waals surface area contributed by atoms with Crippen LogP contribution in [0.1, 0.15) is 55.6 Å². The Morgan fingerprint density at radius 3 is 2.59 bits per heavy atom. The Labute approximate surface area is 234 Å². The number of carbonyl (C=O) groups is 3. The summed E-state index contributed by atoms with van der Waals surface area (Å²) in [6, 6.07) is 20.8. The zero-order valence-corrected chi connectivity index (χ0v) is 23.4. The van der Waals surface area contributed by atoms with E-state index >= 15 is 0 Å². The first-order chi connectivity index (χ1) is 19.0. The number of benzene rings is 2. The molecule has 0 saturated heterocycles. The minimum absolute atomic E-state index is 0.0629. The Hall–Kier alpha value is -3.56. The van der Waals surface area contributed by atoms with Crippen LogP contribution >= 0.6 is 11.8 Å². The molecule has 39 heavy (non-hydrogen) atoms. The molecule has 8 nitrogen and oxygen atoms in total. The number of thioether (sulfide) groups is 1. The van der Waals surface area contributed by atoms with Gasteiger partial charge in [-0.15, -0.1) is 11.8 Å². The number of amides is 3. The van der Waals surface area contributed by atoms with E-state index in [4.69, 9.17) is 9.25 Å². The van der Waals surface area contributed by atoms with E-state index in [1.807, 2.05) is 54.6 Å². The van der Waals surface area contributed by atoms with Crippen molar-refractivity contribution >= 4 is 30.0 Å². The van der Waals surface area contributed by atoms with Gasteiger partial charge in [0.15, 0.2) is 5.76 Å². The second kappa shape index (κ2) is 16.4. The van der Waals surface area contributed by atoms with E-state index in [2.05, 4.69) is 24.5 Å². The number of nitrogens with one attached hydrogen (secondary N) is 2. The fourth-order valence-corrected chi connectivity index (χ4v) is 4.70. The lowest BCUT2D eigenvalue weighted by molar-refractivity contribution is -0.182. The molecule has 0 aliphatic carbocycles. The van der Waals surface area contributed by atoms with E-state index < -0.39 is 11.8 Å². The third-order valence-electron chi connectivity index (χ3n) is 6.06. The van der Waals surface area contributed by atoms with Gasteiger partial charge in [0.05, 0.1) is 19.1 Å². The molecule has 0 radical (unpaired) electrons. The molecule has 3 amide bonds. The quantitative estimate of drug-likeness (QED) is 0.0739. The first-order valence-electron chi connectivity index (χ1n) is 13.3. The maximum Gasteiger partial charge on any atom is 0.288 e. The zero-order chi connectivity index (χ0) is 27.9. The zero-order valence-electron chi connectivity index (χ0n) is 22.6. The lowest BCUT2D eigenvalue weighted by Gasteiger charge is -2.23. The Bertz CT molecular complexity index is 1180. The molecule has 1 heterocycles. The Kier molecular flexibility index (Phi) is 12.6. The van der Waals surface area contributed by atoms with Gasteiger partial charge < -0.3 is 15.1 Å². The molecule has 2 aromatic carbocycles. The molecule has 0 bridgehead atoms. The van der Waals surface area contributed by atoms with Crippen LogP contribution in [-0.2, 0) is 21.0 Å². The van der Waals surface area contributed by atoms with Crippen LogP contribution in [0.15, 0.2) is 76.0 Å². The van der Waals surface area contributed by atoms with Crippen LogP contribution in [0.3, 0.4) is 0 Å². The monoisotopic (exact) mass is 551 g/mol. The standard InChI is InChI=1S/C30H37N3O5S/c1-3-5-7-13-25(19-33(22-34)37-20-23-11-8-6-9-12-23)29(35)31-21-32-30(36)28-17-16-27(38-28)24-14-10-15-26(18-24)39-4-2/h6,8-12,14-18,22,25H,3-5,7,13,19-21H2,1-2H3,(H,31,35)(H,32,36)/t25-/m1/s1. The number of unbranched alkanes of at least 4 members (excludes halogenated alkanes) is 2. The average Bonchev–Trinajstić information content (AvgIpc) is 3.46. The molecule has 0 unspecified atom stereocenters. The molecule has 0 aliphatic heterocycles. The van der Waals surface area contributed by atoms with Gasteiger partial charge in [-0.25, -0.2) is 5.06 Å². The second-order valence-electron chi connectivity index (χ2n) is 9.01. The Morgan fingerprint density at radius 1 is 1.03 bits per heavy atom. The van der Waals surface area contributed by atoms with Crippen LogP contribution in [0.4, 0.5) is 0 Å². The molecule has 3 aromatic rings. The molecular weight excluding hydrogens is 514 g/mol. The van der Waals surface area contributed by atoms with Crippen molar-refractivity contribution in [1.29, 1.82) is 0 Å². The number of furan rings is 1. The summed E-state index contributed by atoms with van der Waals surface area (Å²) in [6.07, 6.45) is 4.03. The summed E-state index contributed by atoms with van der Waals surface area (Å²) in [5.41, 5.74) is 1.82. The van der Waals surface area contributed by atoms with E-state index in [9.17, 15) is 14.4 Å². The number of rotatable bonds is 17. The predicted molar refractivity (Wildman–Crippen MR) is 153 cm³/mol. The highest BCUT2D eigenvalue weighted by Crippen LogP contribution is 2.27. The second-order valence-corrected chi connectivity index (χ2v) is 10.3. The highest BCUT2D eigenvalue weighted by Gasteiger charge is 2.22. The average molecular weight is 552 g/mol. The fraction of sp³-hybridized carbons (Fsp3) is 0.367. The highest BCUT2D eigenvalue weighted by atomic mass is 32.2. The molecular formula is C30H37N3O5S. The van der Waals surface area contributed by atoms with Gasteiger partial charge in [0.25, 0.3) is 5.91 Å². The summed E-state index contributed by atoms with van der Waals surface area (Å²) in [5, 5.41) is 6.61. The van der Waals surface area contributed by atoms with Crippen molar-refractivity contribution in [2.45, 2.75) is 51.0 Å². The number of nitrogens with zero attached hydrogens (tertiary/aromatic N) is 1. The minimum Gasteiger partial charge on any atom is -0.451 e. The summed E-state index contributed by atoms with van der Waals surface area (Å²) in [4.78, 5) is 44.0. The van der Waals surface area contributed by atoms with E-state index in [1.54, 1.807) is 23.9 Å². The van der Waals surface area contributed by atoms with Gasteiger partial charge in [-0.2, -0.15) is 0 Å². The summed E-state index contributed by atoms with van der Waals surface area (Å²) in [5.74, 6) is 0.569. The van der Waals surface area contributed by atoms with Crippen LogP contribution < -0.4 is 10.6 Å². The van der Waals surface area contributed by atoms with Crippen LogP contribution in [0.25, 0.3) is 11.3 Å². The molecule has 3 rings (SSSR count).